The van der Waals surface area contributed by atoms with E-state index in [0.29, 0.717) is 41.6 Å². The van der Waals surface area contributed by atoms with Gasteiger partial charge >= 0.3 is 6.03 Å². The Balaban J connectivity index is 2.38. The minimum Gasteiger partial charge on any atom is -0.496 e. The number of ether oxygens (including phenoxy) is 1. The Kier molecular flexibility index (Phi) is 6.31. The third-order valence-electron chi connectivity index (χ3n) is 3.37. The molecule has 0 spiro atoms. The molecule has 1 aromatic heterocycles. The maximum atomic E-state index is 12.4. The average molecular weight is 363 g/mol. The molecule has 0 radical (unpaired) electrons. The Bertz CT molecular complexity index is 762. The van der Waals surface area contributed by atoms with Crippen LogP contribution >= 0.6 is 11.3 Å². The van der Waals surface area contributed by atoms with Crippen LogP contribution in [0.1, 0.15) is 21.7 Å². The Morgan fingerprint density at radius 3 is 2.72 bits per heavy atom. The summed E-state index contributed by atoms with van der Waals surface area (Å²) in [7, 11) is 1.47. The molecule has 0 aliphatic heterocycles. The first-order chi connectivity index (χ1) is 12.0. The molecule has 0 saturated carbocycles. The minimum absolute atomic E-state index is 0.302. The number of carbonyl (C=O) groups excluding carboxylic acids is 2. The molecule has 0 aliphatic carbocycles. The summed E-state index contributed by atoms with van der Waals surface area (Å²) in [6.07, 6.45) is 2.32. The molecule has 5 N–H and O–H groups in total. The van der Waals surface area contributed by atoms with Crippen LogP contribution in [0.5, 0.6) is 5.75 Å². The van der Waals surface area contributed by atoms with Crippen LogP contribution in [0.3, 0.4) is 0 Å². The van der Waals surface area contributed by atoms with Gasteiger partial charge in [0.1, 0.15) is 5.75 Å². The van der Waals surface area contributed by atoms with E-state index in [9.17, 15) is 9.59 Å². The van der Waals surface area contributed by atoms with Crippen LogP contribution in [0.15, 0.2) is 24.4 Å². The number of thiazole rings is 1. The average Bonchev–Trinajstić information content (AvgIpc) is 3.00. The summed E-state index contributed by atoms with van der Waals surface area (Å²) in [6, 6.07) is 4.13. The summed E-state index contributed by atoms with van der Waals surface area (Å²) in [5.41, 5.74) is 11.7. The molecule has 1 heterocycles. The van der Waals surface area contributed by atoms with Gasteiger partial charge in [-0.2, -0.15) is 0 Å². The van der Waals surface area contributed by atoms with Crippen LogP contribution in [0.4, 0.5) is 15.6 Å². The zero-order chi connectivity index (χ0) is 18.4. The number of aryl methyl sites for hydroxylation is 1. The number of nitrogens with two attached hydrogens (primary N) is 2. The normalized spacial score (nSPS) is 10.4. The SMILES string of the molecule is COc1ccc(N(C(N)=O)c2ncc(C)s2)cc1C(=O)NCCCN. The summed E-state index contributed by atoms with van der Waals surface area (Å²) < 4.78 is 5.24. The Morgan fingerprint density at radius 2 is 2.16 bits per heavy atom. The fourth-order valence-corrected chi connectivity index (χ4v) is 2.98. The summed E-state index contributed by atoms with van der Waals surface area (Å²) in [6.45, 7) is 2.81. The fourth-order valence-electron chi connectivity index (χ4n) is 2.19. The van der Waals surface area contributed by atoms with E-state index in [1.807, 2.05) is 6.92 Å². The van der Waals surface area contributed by atoms with Gasteiger partial charge in [-0.15, -0.1) is 11.3 Å². The first-order valence-corrected chi connectivity index (χ1v) is 8.48. The van der Waals surface area contributed by atoms with Crippen LogP contribution in [0, 0.1) is 6.92 Å². The van der Waals surface area contributed by atoms with Crippen molar-refractivity contribution in [3.63, 3.8) is 0 Å². The number of anilines is 2. The highest BCUT2D eigenvalue weighted by Gasteiger charge is 2.21. The molecule has 2 aromatic rings. The monoisotopic (exact) mass is 363 g/mol. The molecule has 25 heavy (non-hydrogen) atoms. The molecule has 2 rings (SSSR count). The maximum Gasteiger partial charge on any atom is 0.325 e. The number of amides is 3. The quantitative estimate of drug-likeness (QED) is 0.647. The summed E-state index contributed by atoms with van der Waals surface area (Å²) in [5.74, 6) is 0.0839. The van der Waals surface area contributed by atoms with Crippen LogP contribution in [0.25, 0.3) is 0 Å². The van der Waals surface area contributed by atoms with Gasteiger partial charge in [-0.05, 0) is 38.1 Å². The van der Waals surface area contributed by atoms with E-state index in [0.717, 1.165) is 4.88 Å². The van der Waals surface area contributed by atoms with Gasteiger partial charge in [-0.3, -0.25) is 4.79 Å². The number of primary amides is 1. The topological polar surface area (TPSA) is 124 Å². The van der Waals surface area contributed by atoms with E-state index in [-0.39, 0.29) is 5.91 Å². The maximum absolute atomic E-state index is 12.4. The lowest BCUT2D eigenvalue weighted by atomic mass is 10.1. The molecule has 0 atom stereocenters. The molecule has 3 amide bonds. The van der Waals surface area contributed by atoms with E-state index in [1.54, 1.807) is 24.4 Å². The van der Waals surface area contributed by atoms with Crippen molar-refractivity contribution in [1.82, 2.24) is 10.3 Å². The number of nitrogens with one attached hydrogen (secondary N) is 1. The number of carbonyl (C=O) groups is 2. The van der Waals surface area contributed by atoms with Crippen molar-refractivity contribution < 1.29 is 14.3 Å². The van der Waals surface area contributed by atoms with Gasteiger partial charge in [0.25, 0.3) is 5.91 Å². The molecule has 8 nitrogen and oxygen atoms in total. The number of benzene rings is 1. The molecule has 0 saturated heterocycles. The second-order valence-electron chi connectivity index (χ2n) is 5.21. The number of hydrogen-bond donors (Lipinski definition) is 3. The van der Waals surface area contributed by atoms with Crippen molar-refractivity contribution in [2.75, 3.05) is 25.1 Å². The molecule has 0 fully saturated rings. The van der Waals surface area contributed by atoms with Gasteiger partial charge in [0, 0.05) is 17.6 Å². The Morgan fingerprint density at radius 1 is 1.40 bits per heavy atom. The first kappa shape index (κ1) is 18.7. The number of nitrogens with zero attached hydrogens (tertiary/aromatic N) is 2. The molecule has 1 aromatic carbocycles. The second-order valence-corrected chi connectivity index (χ2v) is 6.42. The summed E-state index contributed by atoms with van der Waals surface area (Å²) >= 11 is 1.33. The number of methoxy groups -OCH3 is 1. The number of hydrogen-bond acceptors (Lipinski definition) is 6. The van der Waals surface area contributed by atoms with Crippen molar-refractivity contribution in [3.05, 3.63) is 34.8 Å². The zero-order valence-electron chi connectivity index (χ0n) is 14.1. The largest absolute Gasteiger partial charge is 0.496 e. The number of aromatic nitrogens is 1. The van der Waals surface area contributed by atoms with Gasteiger partial charge in [-0.1, -0.05) is 0 Å². The lowest BCUT2D eigenvalue weighted by Crippen LogP contribution is -2.32. The van der Waals surface area contributed by atoms with Gasteiger partial charge < -0.3 is 21.5 Å². The van der Waals surface area contributed by atoms with E-state index < -0.39 is 6.03 Å². The predicted octanol–water partition coefficient (Wildman–Crippen LogP) is 1.76. The molecular weight excluding hydrogens is 342 g/mol. The van der Waals surface area contributed by atoms with E-state index in [2.05, 4.69) is 10.3 Å². The van der Waals surface area contributed by atoms with Crippen LogP contribution in [0.2, 0.25) is 0 Å². The van der Waals surface area contributed by atoms with E-state index in [4.69, 9.17) is 16.2 Å². The zero-order valence-corrected chi connectivity index (χ0v) is 14.9. The van der Waals surface area contributed by atoms with Crippen LogP contribution in [-0.2, 0) is 0 Å². The fraction of sp³-hybridized carbons (Fsp3) is 0.312. The molecule has 134 valence electrons. The highest BCUT2D eigenvalue weighted by Crippen LogP contribution is 2.32. The highest BCUT2D eigenvalue weighted by molar-refractivity contribution is 7.15. The van der Waals surface area contributed by atoms with Crippen LogP contribution < -0.4 is 26.4 Å². The number of rotatable bonds is 7. The smallest absolute Gasteiger partial charge is 0.325 e. The third-order valence-corrected chi connectivity index (χ3v) is 4.27. The van der Waals surface area contributed by atoms with E-state index in [1.165, 1.54) is 23.3 Å². The Hall–Kier alpha value is -2.65. The highest BCUT2D eigenvalue weighted by atomic mass is 32.1. The van der Waals surface area contributed by atoms with Crippen molar-refractivity contribution in [3.8, 4) is 5.75 Å². The third kappa shape index (κ3) is 4.46. The summed E-state index contributed by atoms with van der Waals surface area (Å²) in [5, 5.41) is 3.20. The standard InChI is InChI=1S/C16H21N5O3S/c1-10-9-20-16(25-10)21(15(18)23)11-4-5-13(24-2)12(8-11)14(22)19-7-3-6-17/h4-5,8-9H,3,6-7,17H2,1-2H3,(H2,18,23)(H,19,22). The lowest BCUT2D eigenvalue weighted by Gasteiger charge is -2.19. The molecule has 0 aliphatic rings. The molecular formula is C16H21N5O3S. The second kappa shape index (κ2) is 8.45. The van der Waals surface area contributed by atoms with Gasteiger partial charge in [0.15, 0.2) is 5.13 Å². The Labute approximate surface area is 149 Å². The molecule has 0 bridgehead atoms. The summed E-state index contributed by atoms with van der Waals surface area (Å²) in [4.78, 5) is 30.7. The number of urea groups is 1. The van der Waals surface area contributed by atoms with E-state index >= 15 is 0 Å². The van der Waals surface area contributed by atoms with Crippen molar-refractivity contribution in [1.29, 1.82) is 0 Å². The first-order valence-electron chi connectivity index (χ1n) is 7.66. The van der Waals surface area contributed by atoms with Crippen LogP contribution in [-0.4, -0.2) is 37.1 Å². The van der Waals surface area contributed by atoms with Gasteiger partial charge in [-0.25, -0.2) is 14.7 Å². The predicted molar refractivity (Wildman–Crippen MR) is 97.6 cm³/mol. The lowest BCUT2D eigenvalue weighted by molar-refractivity contribution is 0.0950. The molecule has 0 unspecified atom stereocenters. The van der Waals surface area contributed by atoms with Crippen molar-refractivity contribution in [2.45, 2.75) is 13.3 Å². The van der Waals surface area contributed by atoms with Crippen molar-refractivity contribution in [2.24, 2.45) is 11.5 Å². The van der Waals surface area contributed by atoms with Gasteiger partial charge in [0.2, 0.25) is 0 Å². The van der Waals surface area contributed by atoms with Crippen molar-refractivity contribution >= 4 is 34.1 Å². The van der Waals surface area contributed by atoms with Gasteiger partial charge in [0.05, 0.1) is 18.4 Å². The molecule has 9 heteroatoms. The minimum atomic E-state index is -0.686.